The van der Waals surface area contributed by atoms with E-state index >= 15 is 0 Å². The van der Waals surface area contributed by atoms with E-state index in [1.807, 2.05) is 0 Å². The summed E-state index contributed by atoms with van der Waals surface area (Å²) >= 11 is 0. The van der Waals surface area contributed by atoms with E-state index in [4.69, 9.17) is 0 Å². The van der Waals surface area contributed by atoms with Crippen molar-refractivity contribution < 1.29 is 0 Å². The molecule has 0 aromatic heterocycles. The highest BCUT2D eigenvalue weighted by molar-refractivity contribution is 6.75. The topological polar surface area (TPSA) is 0 Å². The average molecular weight is 178 g/mol. The van der Waals surface area contributed by atoms with E-state index in [1.165, 1.54) is 17.2 Å². The number of hydrogen-bond acceptors (Lipinski definition) is 0. The molecular weight excluding hydrogens is 160 g/mol. The van der Waals surface area contributed by atoms with Crippen molar-refractivity contribution in [3.8, 4) is 0 Å². The highest BCUT2D eigenvalue weighted by Gasteiger charge is 2.12. The first-order valence-electron chi connectivity index (χ1n) is 4.53. The standard InChI is InChI=1S/C11H18Si/c1-10-5-7-11(8-6-10)9-12(2,3)4/h5-8H,9H2,1-4H3. The molecule has 0 saturated heterocycles. The number of rotatable bonds is 2. The summed E-state index contributed by atoms with van der Waals surface area (Å²) in [4.78, 5) is 0. The van der Waals surface area contributed by atoms with Crippen LogP contribution in [-0.4, -0.2) is 8.07 Å². The van der Waals surface area contributed by atoms with Gasteiger partial charge in [0.1, 0.15) is 0 Å². The maximum absolute atomic E-state index is 2.41. The fraction of sp³-hybridized carbons (Fsp3) is 0.455. The zero-order valence-electron chi connectivity index (χ0n) is 8.52. The maximum Gasteiger partial charge on any atom is 0.0487 e. The van der Waals surface area contributed by atoms with E-state index < -0.39 is 8.07 Å². The van der Waals surface area contributed by atoms with Crippen LogP contribution in [0.3, 0.4) is 0 Å². The Labute approximate surface area is 76.6 Å². The molecule has 12 heavy (non-hydrogen) atoms. The van der Waals surface area contributed by atoms with Gasteiger partial charge in [-0.3, -0.25) is 0 Å². The second kappa shape index (κ2) is 3.44. The van der Waals surface area contributed by atoms with Crippen molar-refractivity contribution in [2.24, 2.45) is 0 Å². The summed E-state index contributed by atoms with van der Waals surface area (Å²) in [6.45, 7) is 9.37. The van der Waals surface area contributed by atoms with Crippen LogP contribution in [0.2, 0.25) is 19.6 Å². The molecule has 0 bridgehead atoms. The van der Waals surface area contributed by atoms with Gasteiger partial charge in [0, 0.05) is 8.07 Å². The number of aryl methyl sites for hydroxylation is 1. The van der Waals surface area contributed by atoms with Crippen LogP contribution >= 0.6 is 0 Å². The molecule has 66 valence electrons. The van der Waals surface area contributed by atoms with Crippen molar-refractivity contribution >= 4 is 8.07 Å². The molecule has 0 aliphatic rings. The Morgan fingerprint density at radius 3 is 1.92 bits per heavy atom. The molecule has 0 heterocycles. The maximum atomic E-state index is 2.41. The molecule has 0 amide bonds. The second-order valence-electron chi connectivity index (χ2n) is 4.72. The van der Waals surface area contributed by atoms with Crippen LogP contribution in [0.25, 0.3) is 0 Å². The zero-order chi connectivity index (χ0) is 9.19. The Morgan fingerprint density at radius 1 is 1.00 bits per heavy atom. The lowest BCUT2D eigenvalue weighted by atomic mass is 10.2. The SMILES string of the molecule is Cc1ccc(C[Si](C)(C)C)cc1. The predicted molar refractivity (Wildman–Crippen MR) is 58.2 cm³/mol. The van der Waals surface area contributed by atoms with E-state index in [1.54, 1.807) is 0 Å². The minimum absolute atomic E-state index is 0.915. The van der Waals surface area contributed by atoms with Gasteiger partial charge in [-0.2, -0.15) is 0 Å². The molecule has 0 nitrogen and oxygen atoms in total. The lowest BCUT2D eigenvalue weighted by Crippen LogP contribution is -2.23. The van der Waals surface area contributed by atoms with E-state index in [0.29, 0.717) is 0 Å². The van der Waals surface area contributed by atoms with Crippen LogP contribution in [0.5, 0.6) is 0 Å². The summed E-state index contributed by atoms with van der Waals surface area (Å²) in [5.41, 5.74) is 2.86. The van der Waals surface area contributed by atoms with Gasteiger partial charge in [0.2, 0.25) is 0 Å². The van der Waals surface area contributed by atoms with Gasteiger partial charge in [-0.05, 0) is 13.0 Å². The van der Waals surface area contributed by atoms with E-state index in [-0.39, 0.29) is 0 Å². The summed E-state index contributed by atoms with van der Waals surface area (Å²) in [5.74, 6) is 0. The minimum Gasteiger partial charge on any atom is -0.0693 e. The Bertz CT molecular complexity index is 241. The van der Waals surface area contributed by atoms with Crippen LogP contribution in [0.1, 0.15) is 11.1 Å². The first-order valence-corrected chi connectivity index (χ1v) is 8.24. The summed E-state index contributed by atoms with van der Waals surface area (Å²) in [6.07, 6.45) is 0. The molecule has 1 aromatic rings. The second-order valence-corrected chi connectivity index (χ2v) is 10.2. The van der Waals surface area contributed by atoms with Gasteiger partial charge in [0.25, 0.3) is 0 Å². The van der Waals surface area contributed by atoms with Gasteiger partial charge >= 0.3 is 0 Å². The fourth-order valence-electron chi connectivity index (χ4n) is 1.32. The van der Waals surface area contributed by atoms with Crippen molar-refractivity contribution in [3.63, 3.8) is 0 Å². The van der Waals surface area contributed by atoms with Crippen LogP contribution in [0.4, 0.5) is 0 Å². The van der Waals surface area contributed by atoms with E-state index in [2.05, 4.69) is 50.8 Å². The molecule has 1 heteroatoms. The summed E-state index contributed by atoms with van der Waals surface area (Å²) in [5, 5.41) is 0. The van der Waals surface area contributed by atoms with Crippen LogP contribution < -0.4 is 0 Å². The summed E-state index contributed by atoms with van der Waals surface area (Å²) < 4.78 is 0. The van der Waals surface area contributed by atoms with Crippen molar-refractivity contribution in [2.75, 3.05) is 0 Å². The van der Waals surface area contributed by atoms with Crippen LogP contribution in [-0.2, 0) is 6.04 Å². The van der Waals surface area contributed by atoms with Crippen molar-refractivity contribution in [2.45, 2.75) is 32.6 Å². The fourth-order valence-corrected chi connectivity index (χ4v) is 2.78. The monoisotopic (exact) mass is 178 g/mol. The van der Waals surface area contributed by atoms with Gasteiger partial charge in [-0.25, -0.2) is 0 Å². The normalized spacial score (nSPS) is 11.7. The van der Waals surface area contributed by atoms with E-state index in [0.717, 1.165) is 0 Å². The van der Waals surface area contributed by atoms with Gasteiger partial charge in [-0.15, -0.1) is 0 Å². The molecule has 0 fully saturated rings. The average Bonchev–Trinajstić information content (AvgIpc) is 1.91. The third-order valence-electron chi connectivity index (χ3n) is 1.86. The molecule has 0 N–H and O–H groups in total. The first-order chi connectivity index (χ1) is 5.47. The van der Waals surface area contributed by atoms with E-state index in [9.17, 15) is 0 Å². The zero-order valence-corrected chi connectivity index (χ0v) is 9.52. The van der Waals surface area contributed by atoms with Crippen LogP contribution in [0.15, 0.2) is 24.3 Å². The Hall–Kier alpha value is -0.563. The molecule has 0 radical (unpaired) electrons. The lowest BCUT2D eigenvalue weighted by molar-refractivity contribution is 1.29. The number of benzene rings is 1. The molecular formula is C11H18Si. The molecule has 0 saturated carbocycles. The molecule has 0 aliphatic carbocycles. The van der Waals surface area contributed by atoms with Crippen molar-refractivity contribution in [1.82, 2.24) is 0 Å². The van der Waals surface area contributed by atoms with Crippen molar-refractivity contribution in [3.05, 3.63) is 35.4 Å². The number of hydrogen-bond donors (Lipinski definition) is 0. The Morgan fingerprint density at radius 2 is 1.50 bits per heavy atom. The largest absolute Gasteiger partial charge is 0.0693 e. The third-order valence-corrected chi connectivity index (χ3v) is 3.32. The van der Waals surface area contributed by atoms with Gasteiger partial charge in [-0.1, -0.05) is 55.0 Å². The predicted octanol–water partition coefficient (Wildman–Crippen LogP) is 3.41. The molecule has 0 atom stereocenters. The molecule has 1 rings (SSSR count). The molecule has 1 aromatic carbocycles. The lowest BCUT2D eigenvalue weighted by Gasteiger charge is -2.15. The molecule has 0 spiro atoms. The van der Waals surface area contributed by atoms with Gasteiger partial charge in [0.15, 0.2) is 0 Å². The summed E-state index contributed by atoms with van der Waals surface area (Å²) in [6, 6.07) is 10.2. The summed E-state index contributed by atoms with van der Waals surface area (Å²) in [7, 11) is -0.915. The molecule has 0 unspecified atom stereocenters. The van der Waals surface area contributed by atoms with Gasteiger partial charge in [0.05, 0.1) is 0 Å². The minimum atomic E-state index is -0.915. The van der Waals surface area contributed by atoms with Crippen LogP contribution in [0, 0.1) is 6.92 Å². The first kappa shape index (κ1) is 9.52. The Balaban J connectivity index is 2.71. The van der Waals surface area contributed by atoms with Crippen molar-refractivity contribution in [1.29, 1.82) is 0 Å². The third kappa shape index (κ3) is 3.22. The Kier molecular flexibility index (Phi) is 2.73. The van der Waals surface area contributed by atoms with Gasteiger partial charge < -0.3 is 0 Å². The highest BCUT2D eigenvalue weighted by atomic mass is 28.3. The highest BCUT2D eigenvalue weighted by Crippen LogP contribution is 2.11. The molecule has 0 aliphatic heterocycles. The quantitative estimate of drug-likeness (QED) is 0.609. The smallest absolute Gasteiger partial charge is 0.0487 e.